The standard InChI is InChI=1S/C16H8F2O2/c17-13-6-5-9(8-14(13)18)7-12-15(19)10-3-1-2-4-11(10)16(12)20/h1-8H. The first-order chi connectivity index (χ1) is 9.58. The van der Waals surface area contributed by atoms with Crippen LogP contribution >= 0.6 is 0 Å². The van der Waals surface area contributed by atoms with E-state index >= 15 is 0 Å². The molecule has 1 aliphatic carbocycles. The van der Waals surface area contributed by atoms with Crippen molar-refractivity contribution < 1.29 is 18.4 Å². The summed E-state index contributed by atoms with van der Waals surface area (Å²) in [4.78, 5) is 24.2. The SMILES string of the molecule is O=C1C(=Cc2ccc(F)c(F)c2)C(=O)c2ccccc21. The monoisotopic (exact) mass is 270 g/mol. The number of ketones is 2. The molecule has 2 nitrogen and oxygen atoms in total. The van der Waals surface area contributed by atoms with Crippen molar-refractivity contribution in [3.05, 3.63) is 76.4 Å². The maximum Gasteiger partial charge on any atom is 0.197 e. The Morgan fingerprint density at radius 1 is 0.800 bits per heavy atom. The molecule has 0 radical (unpaired) electrons. The van der Waals surface area contributed by atoms with Crippen LogP contribution in [-0.2, 0) is 0 Å². The van der Waals surface area contributed by atoms with Crippen molar-refractivity contribution in [3.63, 3.8) is 0 Å². The fourth-order valence-electron chi connectivity index (χ4n) is 2.17. The average molecular weight is 270 g/mol. The van der Waals surface area contributed by atoms with Crippen molar-refractivity contribution in [1.29, 1.82) is 0 Å². The number of fused-ring (bicyclic) bond motifs is 1. The predicted molar refractivity (Wildman–Crippen MR) is 69.4 cm³/mol. The number of rotatable bonds is 1. The molecule has 0 heterocycles. The summed E-state index contributed by atoms with van der Waals surface area (Å²) in [7, 11) is 0. The second-order valence-corrected chi connectivity index (χ2v) is 4.44. The number of hydrogen-bond donors (Lipinski definition) is 0. The molecule has 1 aliphatic rings. The Hall–Kier alpha value is -2.62. The van der Waals surface area contributed by atoms with E-state index < -0.39 is 23.2 Å². The lowest BCUT2D eigenvalue weighted by molar-refractivity contribution is 0.0990. The van der Waals surface area contributed by atoms with E-state index in [2.05, 4.69) is 0 Å². The van der Waals surface area contributed by atoms with E-state index in [1.807, 2.05) is 0 Å². The van der Waals surface area contributed by atoms with E-state index in [0.29, 0.717) is 11.1 Å². The summed E-state index contributed by atoms with van der Waals surface area (Å²) in [5.41, 5.74) is 0.920. The first-order valence-electron chi connectivity index (χ1n) is 5.93. The highest BCUT2D eigenvalue weighted by Crippen LogP contribution is 2.27. The number of allylic oxidation sites excluding steroid dienone is 1. The zero-order valence-electron chi connectivity index (χ0n) is 10.2. The molecule has 4 heteroatoms. The van der Waals surface area contributed by atoms with Gasteiger partial charge in [-0.3, -0.25) is 9.59 Å². The van der Waals surface area contributed by atoms with E-state index in [9.17, 15) is 18.4 Å². The minimum Gasteiger partial charge on any atom is -0.288 e. The molecule has 0 saturated heterocycles. The second-order valence-electron chi connectivity index (χ2n) is 4.44. The van der Waals surface area contributed by atoms with Crippen molar-refractivity contribution in [1.82, 2.24) is 0 Å². The molecular weight excluding hydrogens is 262 g/mol. The molecule has 0 bridgehead atoms. The smallest absolute Gasteiger partial charge is 0.197 e. The molecule has 0 N–H and O–H groups in total. The van der Waals surface area contributed by atoms with Crippen LogP contribution in [0.5, 0.6) is 0 Å². The number of hydrogen-bond acceptors (Lipinski definition) is 2. The van der Waals surface area contributed by atoms with Crippen LogP contribution in [0.4, 0.5) is 8.78 Å². The number of Topliss-reactive ketones (excluding diaryl/α,β-unsaturated/α-hetero) is 2. The van der Waals surface area contributed by atoms with Gasteiger partial charge in [-0.25, -0.2) is 8.78 Å². The van der Waals surface area contributed by atoms with Crippen molar-refractivity contribution in [2.24, 2.45) is 0 Å². The van der Waals surface area contributed by atoms with Gasteiger partial charge in [0.05, 0.1) is 5.57 Å². The van der Waals surface area contributed by atoms with E-state index in [1.54, 1.807) is 24.3 Å². The van der Waals surface area contributed by atoms with Crippen LogP contribution in [0, 0.1) is 11.6 Å². The van der Waals surface area contributed by atoms with Gasteiger partial charge in [0.25, 0.3) is 0 Å². The van der Waals surface area contributed by atoms with Crippen LogP contribution < -0.4 is 0 Å². The molecule has 0 aromatic heterocycles. The van der Waals surface area contributed by atoms with E-state index in [-0.39, 0.29) is 11.1 Å². The van der Waals surface area contributed by atoms with Crippen molar-refractivity contribution in [2.45, 2.75) is 0 Å². The summed E-state index contributed by atoms with van der Waals surface area (Å²) in [6, 6.07) is 9.71. The third kappa shape index (κ3) is 1.86. The van der Waals surface area contributed by atoms with Crippen LogP contribution in [-0.4, -0.2) is 11.6 Å². The molecule has 0 fully saturated rings. The Balaban J connectivity index is 2.08. The van der Waals surface area contributed by atoms with E-state index in [4.69, 9.17) is 0 Å². The molecule has 98 valence electrons. The molecule has 0 atom stereocenters. The molecule has 0 aliphatic heterocycles. The van der Waals surface area contributed by atoms with Crippen molar-refractivity contribution in [3.8, 4) is 0 Å². The Kier molecular flexibility index (Phi) is 2.79. The van der Waals surface area contributed by atoms with Crippen LogP contribution in [0.25, 0.3) is 6.08 Å². The quantitative estimate of drug-likeness (QED) is 0.587. The average Bonchev–Trinajstić information content (AvgIpc) is 2.69. The number of halogens is 2. The molecule has 20 heavy (non-hydrogen) atoms. The third-order valence-electron chi connectivity index (χ3n) is 3.16. The third-order valence-corrected chi connectivity index (χ3v) is 3.16. The zero-order chi connectivity index (χ0) is 14.3. The van der Waals surface area contributed by atoms with Crippen LogP contribution in [0.3, 0.4) is 0 Å². The maximum atomic E-state index is 13.1. The van der Waals surface area contributed by atoms with Gasteiger partial charge in [0.15, 0.2) is 23.2 Å². The summed E-state index contributed by atoms with van der Waals surface area (Å²) in [6.07, 6.45) is 1.28. The minimum absolute atomic E-state index is 0.0304. The van der Waals surface area contributed by atoms with Crippen LogP contribution in [0.1, 0.15) is 26.3 Å². The van der Waals surface area contributed by atoms with Gasteiger partial charge in [-0.2, -0.15) is 0 Å². The van der Waals surface area contributed by atoms with Gasteiger partial charge < -0.3 is 0 Å². The first kappa shape index (κ1) is 12.4. The lowest BCUT2D eigenvalue weighted by Gasteiger charge is -1.97. The minimum atomic E-state index is -1.02. The highest BCUT2D eigenvalue weighted by Gasteiger charge is 2.32. The van der Waals surface area contributed by atoms with Gasteiger partial charge in [0.1, 0.15) is 0 Å². The lowest BCUT2D eigenvalue weighted by atomic mass is 10.1. The molecule has 0 saturated carbocycles. The summed E-state index contributed by atoms with van der Waals surface area (Å²) in [5.74, 6) is -2.78. The molecule has 3 rings (SSSR count). The Morgan fingerprint density at radius 3 is 1.95 bits per heavy atom. The molecule has 0 spiro atoms. The normalized spacial score (nSPS) is 13.6. The van der Waals surface area contributed by atoms with Gasteiger partial charge in [-0.15, -0.1) is 0 Å². The predicted octanol–water partition coefficient (Wildman–Crippen LogP) is 3.43. The Morgan fingerprint density at radius 2 is 1.40 bits per heavy atom. The largest absolute Gasteiger partial charge is 0.288 e. The number of carbonyl (C=O) groups is 2. The van der Waals surface area contributed by atoms with E-state index in [0.717, 1.165) is 12.1 Å². The van der Waals surface area contributed by atoms with Gasteiger partial charge in [-0.1, -0.05) is 30.3 Å². The molecule has 2 aromatic rings. The molecule has 0 amide bonds. The fourth-order valence-corrected chi connectivity index (χ4v) is 2.17. The second kappa shape index (κ2) is 4.49. The zero-order valence-corrected chi connectivity index (χ0v) is 10.2. The van der Waals surface area contributed by atoms with E-state index in [1.165, 1.54) is 12.1 Å². The van der Waals surface area contributed by atoms with Crippen LogP contribution in [0.2, 0.25) is 0 Å². The lowest BCUT2D eigenvalue weighted by Crippen LogP contribution is -2.00. The summed E-state index contributed by atoms with van der Waals surface area (Å²) in [6.45, 7) is 0. The molecule has 0 unspecified atom stereocenters. The summed E-state index contributed by atoms with van der Waals surface area (Å²) in [5, 5.41) is 0. The van der Waals surface area contributed by atoms with Crippen molar-refractivity contribution in [2.75, 3.05) is 0 Å². The highest BCUT2D eigenvalue weighted by molar-refractivity contribution is 6.41. The van der Waals surface area contributed by atoms with Crippen molar-refractivity contribution >= 4 is 17.6 Å². The highest BCUT2D eigenvalue weighted by atomic mass is 19.2. The fraction of sp³-hybridized carbons (Fsp3) is 0. The van der Waals surface area contributed by atoms with Gasteiger partial charge in [0, 0.05) is 11.1 Å². The van der Waals surface area contributed by atoms with Gasteiger partial charge >= 0.3 is 0 Å². The topological polar surface area (TPSA) is 34.1 Å². The van der Waals surface area contributed by atoms with Gasteiger partial charge in [-0.05, 0) is 23.8 Å². The summed E-state index contributed by atoms with van der Waals surface area (Å²) >= 11 is 0. The molecule has 2 aromatic carbocycles. The Labute approximate surface area is 113 Å². The summed E-state index contributed by atoms with van der Waals surface area (Å²) < 4.78 is 26.0. The number of benzene rings is 2. The number of carbonyl (C=O) groups excluding carboxylic acids is 2. The first-order valence-corrected chi connectivity index (χ1v) is 5.93. The Bertz CT molecular complexity index is 739. The van der Waals surface area contributed by atoms with Gasteiger partial charge in [0.2, 0.25) is 0 Å². The van der Waals surface area contributed by atoms with Crippen LogP contribution in [0.15, 0.2) is 48.0 Å². The molecular formula is C16H8F2O2. The maximum absolute atomic E-state index is 13.1.